The number of aryl methyl sites for hydroxylation is 1. The van der Waals surface area contributed by atoms with Gasteiger partial charge in [0, 0.05) is 37.6 Å². The van der Waals surface area contributed by atoms with Gasteiger partial charge in [0.2, 0.25) is 0 Å². The molecule has 0 aliphatic carbocycles. The van der Waals surface area contributed by atoms with Gasteiger partial charge in [-0.2, -0.15) is 0 Å². The summed E-state index contributed by atoms with van der Waals surface area (Å²) < 4.78 is 1.94. The molecule has 3 aromatic heterocycles. The maximum absolute atomic E-state index is 5.97. The summed E-state index contributed by atoms with van der Waals surface area (Å²) in [6.45, 7) is 0. The number of anilines is 2. The fraction of sp³-hybridized carbons (Fsp3) is 0.154. The molecule has 0 aliphatic heterocycles. The van der Waals surface area contributed by atoms with Crippen LogP contribution < -0.4 is 11.1 Å². The van der Waals surface area contributed by atoms with Gasteiger partial charge < -0.3 is 15.6 Å². The zero-order valence-electron chi connectivity index (χ0n) is 10.8. The van der Waals surface area contributed by atoms with Crippen molar-refractivity contribution in [3.05, 3.63) is 30.9 Å². The second-order valence-corrected chi connectivity index (χ2v) is 4.29. The number of pyridine rings is 1. The Morgan fingerprint density at radius 1 is 1.21 bits per heavy atom. The zero-order valence-corrected chi connectivity index (χ0v) is 10.8. The summed E-state index contributed by atoms with van der Waals surface area (Å²) in [7, 11) is 3.78. The molecule has 0 saturated carbocycles. The average molecular weight is 254 g/mol. The molecule has 0 atom stereocenters. The molecule has 0 saturated heterocycles. The van der Waals surface area contributed by atoms with Crippen LogP contribution in [0.15, 0.2) is 30.9 Å². The highest BCUT2D eigenvalue weighted by Crippen LogP contribution is 2.31. The normalized spacial score (nSPS) is 10.8. The first kappa shape index (κ1) is 11.5. The quantitative estimate of drug-likeness (QED) is 0.726. The molecule has 0 spiro atoms. The van der Waals surface area contributed by atoms with E-state index < -0.39 is 0 Å². The lowest BCUT2D eigenvalue weighted by atomic mass is 10.1. The molecule has 3 aromatic rings. The van der Waals surface area contributed by atoms with Crippen molar-refractivity contribution in [3.8, 4) is 11.1 Å². The predicted molar refractivity (Wildman–Crippen MR) is 75.7 cm³/mol. The molecule has 6 heteroatoms. The Morgan fingerprint density at radius 3 is 2.74 bits per heavy atom. The third-order valence-electron chi connectivity index (χ3n) is 3.11. The van der Waals surface area contributed by atoms with Gasteiger partial charge in [0.25, 0.3) is 0 Å². The van der Waals surface area contributed by atoms with Crippen LogP contribution in [0.1, 0.15) is 0 Å². The summed E-state index contributed by atoms with van der Waals surface area (Å²) in [5.41, 5.74) is 8.77. The van der Waals surface area contributed by atoms with Crippen molar-refractivity contribution in [1.82, 2.24) is 19.5 Å². The highest BCUT2D eigenvalue weighted by Gasteiger charge is 2.13. The molecule has 96 valence electrons. The minimum absolute atomic E-state index is 0.485. The molecule has 0 amide bonds. The third-order valence-corrected chi connectivity index (χ3v) is 3.11. The number of fused-ring (bicyclic) bond motifs is 1. The first-order chi connectivity index (χ1) is 9.20. The van der Waals surface area contributed by atoms with E-state index in [2.05, 4.69) is 20.3 Å². The maximum atomic E-state index is 5.97. The zero-order chi connectivity index (χ0) is 13.4. The van der Waals surface area contributed by atoms with Crippen molar-refractivity contribution < 1.29 is 0 Å². The molecule has 0 unspecified atom stereocenters. The van der Waals surface area contributed by atoms with Crippen LogP contribution in [0.5, 0.6) is 0 Å². The summed E-state index contributed by atoms with van der Waals surface area (Å²) in [6, 6.07) is 3.92. The van der Waals surface area contributed by atoms with E-state index in [4.69, 9.17) is 5.73 Å². The van der Waals surface area contributed by atoms with E-state index in [0.717, 1.165) is 28.0 Å². The largest absolute Gasteiger partial charge is 0.383 e. The van der Waals surface area contributed by atoms with Gasteiger partial charge in [-0.25, -0.2) is 15.0 Å². The average Bonchev–Trinajstić information content (AvgIpc) is 2.78. The van der Waals surface area contributed by atoms with Crippen molar-refractivity contribution >= 4 is 22.7 Å². The maximum Gasteiger partial charge on any atom is 0.145 e. The van der Waals surface area contributed by atoms with Gasteiger partial charge in [-0.3, -0.25) is 0 Å². The Balaban J connectivity index is 2.24. The highest BCUT2D eigenvalue weighted by molar-refractivity contribution is 6.00. The van der Waals surface area contributed by atoms with E-state index in [9.17, 15) is 0 Å². The second-order valence-electron chi connectivity index (χ2n) is 4.29. The Hall–Kier alpha value is -2.63. The number of aromatic nitrogens is 4. The topological polar surface area (TPSA) is 81.7 Å². The Kier molecular flexibility index (Phi) is 2.56. The van der Waals surface area contributed by atoms with E-state index in [1.54, 1.807) is 0 Å². The van der Waals surface area contributed by atoms with Crippen LogP contribution in [0.4, 0.5) is 11.6 Å². The SMILES string of the molecule is CNc1ccc(-c2cn(C)c3ncnc(N)c23)cn1. The smallest absolute Gasteiger partial charge is 0.145 e. The van der Waals surface area contributed by atoms with E-state index in [1.807, 2.05) is 43.2 Å². The van der Waals surface area contributed by atoms with Crippen LogP contribution in [0.25, 0.3) is 22.2 Å². The molecule has 19 heavy (non-hydrogen) atoms. The number of nitrogens with one attached hydrogen (secondary N) is 1. The molecule has 0 fully saturated rings. The third kappa shape index (κ3) is 1.77. The molecule has 3 heterocycles. The van der Waals surface area contributed by atoms with Crippen LogP contribution in [0.2, 0.25) is 0 Å². The van der Waals surface area contributed by atoms with E-state index in [-0.39, 0.29) is 0 Å². The fourth-order valence-corrected chi connectivity index (χ4v) is 2.15. The Labute approximate surface area is 110 Å². The number of nitrogen functional groups attached to an aromatic ring is 1. The van der Waals surface area contributed by atoms with E-state index in [1.165, 1.54) is 6.33 Å². The first-order valence-electron chi connectivity index (χ1n) is 5.90. The van der Waals surface area contributed by atoms with Gasteiger partial charge in [0.05, 0.1) is 5.39 Å². The minimum atomic E-state index is 0.485. The molecular weight excluding hydrogens is 240 g/mol. The molecule has 6 nitrogen and oxygen atoms in total. The number of rotatable bonds is 2. The molecule has 0 radical (unpaired) electrons. The van der Waals surface area contributed by atoms with Gasteiger partial charge in [-0.1, -0.05) is 0 Å². The Morgan fingerprint density at radius 2 is 2.05 bits per heavy atom. The van der Waals surface area contributed by atoms with Crippen LogP contribution >= 0.6 is 0 Å². The van der Waals surface area contributed by atoms with Crippen molar-refractivity contribution in [2.24, 2.45) is 7.05 Å². The summed E-state index contributed by atoms with van der Waals surface area (Å²) in [5.74, 6) is 1.31. The van der Waals surface area contributed by atoms with E-state index in [0.29, 0.717) is 5.82 Å². The lowest BCUT2D eigenvalue weighted by molar-refractivity contribution is 0.944. The van der Waals surface area contributed by atoms with Gasteiger partial charge in [0.15, 0.2) is 0 Å². The van der Waals surface area contributed by atoms with Gasteiger partial charge in [0.1, 0.15) is 23.6 Å². The molecule has 3 N–H and O–H groups in total. The Bertz CT molecular complexity index is 729. The molecule has 3 rings (SSSR count). The standard InChI is InChI=1S/C13H14N6/c1-15-10-4-3-8(5-16-10)9-6-19(2)13-11(9)12(14)17-7-18-13/h3-7H,1-2H3,(H,15,16)(H2,14,17,18). The predicted octanol–water partition coefficient (Wildman–Crippen LogP) is 1.65. The lowest BCUT2D eigenvalue weighted by Crippen LogP contribution is -1.94. The summed E-state index contributed by atoms with van der Waals surface area (Å²) in [4.78, 5) is 12.6. The number of hydrogen-bond donors (Lipinski definition) is 2. The van der Waals surface area contributed by atoms with E-state index >= 15 is 0 Å². The first-order valence-corrected chi connectivity index (χ1v) is 5.90. The van der Waals surface area contributed by atoms with Gasteiger partial charge >= 0.3 is 0 Å². The summed E-state index contributed by atoms with van der Waals surface area (Å²) in [6.07, 6.45) is 5.28. The molecule has 0 bridgehead atoms. The summed E-state index contributed by atoms with van der Waals surface area (Å²) >= 11 is 0. The summed E-state index contributed by atoms with van der Waals surface area (Å²) in [5, 5.41) is 3.86. The fourth-order valence-electron chi connectivity index (χ4n) is 2.15. The molecule has 0 aromatic carbocycles. The minimum Gasteiger partial charge on any atom is -0.383 e. The molecule has 0 aliphatic rings. The van der Waals surface area contributed by atoms with Crippen molar-refractivity contribution in [2.75, 3.05) is 18.1 Å². The second kappa shape index (κ2) is 4.24. The van der Waals surface area contributed by atoms with Gasteiger partial charge in [-0.15, -0.1) is 0 Å². The van der Waals surface area contributed by atoms with Crippen molar-refractivity contribution in [3.63, 3.8) is 0 Å². The number of hydrogen-bond acceptors (Lipinski definition) is 5. The number of nitrogens with two attached hydrogens (primary N) is 1. The van der Waals surface area contributed by atoms with Crippen LogP contribution in [-0.4, -0.2) is 26.6 Å². The van der Waals surface area contributed by atoms with Crippen molar-refractivity contribution in [1.29, 1.82) is 0 Å². The molecular formula is C13H14N6. The van der Waals surface area contributed by atoms with Gasteiger partial charge in [-0.05, 0) is 12.1 Å². The van der Waals surface area contributed by atoms with Crippen molar-refractivity contribution in [2.45, 2.75) is 0 Å². The van der Waals surface area contributed by atoms with Crippen LogP contribution in [0, 0.1) is 0 Å². The van der Waals surface area contributed by atoms with Crippen LogP contribution in [-0.2, 0) is 7.05 Å². The monoisotopic (exact) mass is 254 g/mol. The van der Waals surface area contributed by atoms with Crippen LogP contribution in [0.3, 0.4) is 0 Å². The number of nitrogens with zero attached hydrogens (tertiary/aromatic N) is 4. The lowest BCUT2D eigenvalue weighted by Gasteiger charge is -2.02. The highest BCUT2D eigenvalue weighted by atomic mass is 15.0.